The van der Waals surface area contributed by atoms with Gasteiger partial charge in [-0.25, -0.2) is 0 Å². The monoisotopic (exact) mass is 262 g/mol. The summed E-state index contributed by atoms with van der Waals surface area (Å²) in [4.78, 5) is 0. The summed E-state index contributed by atoms with van der Waals surface area (Å²) >= 11 is 0. The summed E-state index contributed by atoms with van der Waals surface area (Å²) in [7, 11) is 0. The summed E-state index contributed by atoms with van der Waals surface area (Å²) in [6.45, 7) is 0. The highest BCUT2D eigenvalue weighted by Crippen LogP contribution is 2.47. The van der Waals surface area contributed by atoms with Crippen LogP contribution in [0.1, 0.15) is 0 Å². The van der Waals surface area contributed by atoms with Crippen LogP contribution in [0.2, 0.25) is 0 Å². The molecule has 0 heterocycles. The van der Waals surface area contributed by atoms with Gasteiger partial charge in [0.25, 0.3) is 0 Å². The minimum Gasteiger partial charge on any atom is -0.199 e. The predicted molar refractivity (Wildman–Crippen MR) is 30.6 cm³/mol. The molecule has 0 aromatic heterocycles. The zero-order valence-corrected chi connectivity index (χ0v) is 6.78. The first kappa shape index (κ1) is 14.8. The molecule has 10 heteroatoms. The van der Waals surface area contributed by atoms with Crippen LogP contribution in [-0.2, 0) is 0 Å². The second-order valence-corrected chi connectivity index (χ2v) is 2.30. The summed E-state index contributed by atoms with van der Waals surface area (Å²) in [6.07, 6.45) is -7.73. The lowest BCUT2D eigenvalue weighted by Gasteiger charge is -2.22. The van der Waals surface area contributed by atoms with Crippen LogP contribution in [0.3, 0.4) is 0 Å². The van der Waals surface area contributed by atoms with Gasteiger partial charge in [0.2, 0.25) is 11.7 Å². The average Bonchev–Trinajstić information content (AvgIpc) is 2.14. The van der Waals surface area contributed by atoms with E-state index in [4.69, 9.17) is 0 Å². The number of hydrogen-bond donors (Lipinski definition) is 0. The van der Waals surface area contributed by atoms with Crippen molar-refractivity contribution in [1.82, 2.24) is 0 Å². The van der Waals surface area contributed by atoms with Crippen molar-refractivity contribution in [2.45, 2.75) is 11.8 Å². The lowest BCUT2D eigenvalue weighted by Crippen LogP contribution is -2.42. The molecule has 94 valence electrons. The molecule has 0 unspecified atom stereocenters. The van der Waals surface area contributed by atoms with Crippen LogP contribution in [-0.4, -0.2) is 11.8 Å². The van der Waals surface area contributed by atoms with Gasteiger partial charge in [-0.05, 0) is 0 Å². The van der Waals surface area contributed by atoms with Crippen LogP contribution in [0.5, 0.6) is 0 Å². The van der Waals surface area contributed by atoms with Crippen LogP contribution in [0.4, 0.5) is 43.9 Å². The molecule has 0 aliphatic carbocycles. The van der Waals surface area contributed by atoms with Gasteiger partial charge in [-0.2, -0.15) is 43.9 Å². The first-order chi connectivity index (χ1) is 6.96. The fourth-order valence-corrected chi connectivity index (χ4v) is 0.513. The van der Waals surface area contributed by atoms with Gasteiger partial charge < -0.3 is 0 Å². The average molecular weight is 262 g/mol. The van der Waals surface area contributed by atoms with E-state index in [9.17, 15) is 43.9 Å². The van der Waals surface area contributed by atoms with Crippen LogP contribution in [0, 0.1) is 0 Å². The molecule has 0 saturated heterocycles. The van der Waals surface area contributed by atoms with Gasteiger partial charge >= 0.3 is 24.0 Å². The maximum atomic E-state index is 12.2. The molecule has 0 nitrogen and oxygen atoms in total. The van der Waals surface area contributed by atoms with E-state index in [1.165, 1.54) is 0 Å². The predicted octanol–water partition coefficient (Wildman–Crippen LogP) is 4.41. The lowest BCUT2D eigenvalue weighted by molar-refractivity contribution is -0.185. The van der Waals surface area contributed by atoms with Gasteiger partial charge in [0.15, 0.2) is 0 Å². The molecular weight excluding hydrogens is 262 g/mol. The molecule has 0 saturated carbocycles. The highest BCUT2D eigenvalue weighted by molar-refractivity contribution is 5.20. The van der Waals surface area contributed by atoms with Crippen molar-refractivity contribution < 1.29 is 43.9 Å². The van der Waals surface area contributed by atoms with Crippen LogP contribution in [0.25, 0.3) is 0 Å². The van der Waals surface area contributed by atoms with E-state index >= 15 is 0 Å². The normalized spacial score (nSPS) is 12.4. The molecule has 0 aromatic rings. The fraction of sp³-hybridized carbons (Fsp3) is 0.333. The van der Waals surface area contributed by atoms with Crippen molar-refractivity contribution in [3.05, 3.63) is 23.8 Å². The maximum absolute atomic E-state index is 12.2. The molecule has 0 atom stereocenters. The quantitative estimate of drug-likeness (QED) is 0.661. The maximum Gasteiger partial charge on any atom is 0.373 e. The van der Waals surface area contributed by atoms with Gasteiger partial charge in [-0.1, -0.05) is 0 Å². The Labute approximate surface area is 80.8 Å². The summed E-state index contributed by atoms with van der Waals surface area (Å²) in [6, 6.07) is 0. The Hall–Kier alpha value is -1.22. The minimum atomic E-state index is -6.40. The van der Waals surface area contributed by atoms with E-state index in [0.29, 0.717) is 0 Å². The van der Waals surface area contributed by atoms with Crippen molar-refractivity contribution in [2.75, 3.05) is 0 Å². The molecule has 0 fully saturated rings. The summed E-state index contributed by atoms with van der Waals surface area (Å²) in [5, 5.41) is 0. The number of alkyl halides is 4. The molecule has 0 radical (unpaired) electrons. The third-order valence-electron chi connectivity index (χ3n) is 1.28. The first-order valence-electron chi connectivity index (χ1n) is 3.14. The van der Waals surface area contributed by atoms with Crippen molar-refractivity contribution >= 4 is 0 Å². The Bertz CT molecular complexity index is 295. The zero-order valence-electron chi connectivity index (χ0n) is 6.78. The van der Waals surface area contributed by atoms with Gasteiger partial charge in [0, 0.05) is 0 Å². The molecule has 0 aromatic carbocycles. The Morgan fingerprint density at radius 2 is 0.688 bits per heavy atom. The molecule has 0 rings (SSSR count). The topological polar surface area (TPSA) is 0 Å². The minimum absolute atomic E-state index is 3.86. The molecule has 0 N–H and O–H groups in total. The van der Waals surface area contributed by atoms with E-state index in [1.54, 1.807) is 0 Å². The Morgan fingerprint density at radius 3 is 0.812 bits per heavy atom. The largest absolute Gasteiger partial charge is 0.373 e. The number of hydrogen-bond acceptors (Lipinski definition) is 0. The molecule has 0 bridgehead atoms. The molecule has 0 spiro atoms. The molecule has 0 aliphatic heterocycles. The summed E-state index contributed by atoms with van der Waals surface area (Å²) in [5.74, 6) is -20.8. The fourth-order valence-electron chi connectivity index (χ4n) is 0.513. The standard InChI is InChI=1S/C6F10/c7-1(3(9)10)5(13,14)6(15,16)2(8)4(11)12. The van der Waals surface area contributed by atoms with E-state index < -0.39 is 35.7 Å². The van der Waals surface area contributed by atoms with Crippen LogP contribution in [0.15, 0.2) is 23.8 Å². The second kappa shape index (κ2) is 4.34. The van der Waals surface area contributed by atoms with Crippen molar-refractivity contribution in [3.63, 3.8) is 0 Å². The number of allylic oxidation sites excluding steroid dienone is 2. The number of rotatable bonds is 3. The smallest absolute Gasteiger partial charge is 0.199 e. The molecule has 16 heavy (non-hydrogen) atoms. The Kier molecular flexibility index (Phi) is 4.01. The highest BCUT2D eigenvalue weighted by Gasteiger charge is 2.65. The van der Waals surface area contributed by atoms with E-state index in [2.05, 4.69) is 0 Å². The summed E-state index contributed by atoms with van der Waals surface area (Å²) in [5.41, 5.74) is 0. The second-order valence-electron chi connectivity index (χ2n) is 2.30. The third-order valence-corrected chi connectivity index (χ3v) is 1.28. The van der Waals surface area contributed by atoms with E-state index in [-0.39, 0.29) is 0 Å². The van der Waals surface area contributed by atoms with Gasteiger partial charge in [-0.15, -0.1) is 0 Å². The third kappa shape index (κ3) is 2.30. The van der Waals surface area contributed by atoms with Gasteiger partial charge in [-0.3, -0.25) is 0 Å². The van der Waals surface area contributed by atoms with Crippen LogP contribution < -0.4 is 0 Å². The SMILES string of the molecule is FC(F)=C(F)C(F)(F)C(F)(F)C(F)=C(F)F. The zero-order chi connectivity index (χ0) is 13.3. The van der Waals surface area contributed by atoms with Crippen molar-refractivity contribution in [2.24, 2.45) is 0 Å². The summed E-state index contributed by atoms with van der Waals surface area (Å²) < 4.78 is 118. The van der Waals surface area contributed by atoms with Crippen LogP contribution >= 0.6 is 0 Å². The van der Waals surface area contributed by atoms with Crippen molar-refractivity contribution in [1.29, 1.82) is 0 Å². The first-order valence-corrected chi connectivity index (χ1v) is 3.14. The Balaban J connectivity index is 5.66. The Morgan fingerprint density at radius 1 is 0.500 bits per heavy atom. The highest BCUT2D eigenvalue weighted by atomic mass is 19.3. The van der Waals surface area contributed by atoms with Crippen molar-refractivity contribution in [3.8, 4) is 0 Å². The number of halogens is 10. The van der Waals surface area contributed by atoms with E-state index in [0.717, 1.165) is 0 Å². The van der Waals surface area contributed by atoms with E-state index in [1.807, 2.05) is 0 Å². The van der Waals surface area contributed by atoms with Gasteiger partial charge in [0.05, 0.1) is 0 Å². The lowest BCUT2D eigenvalue weighted by atomic mass is 10.1. The van der Waals surface area contributed by atoms with Gasteiger partial charge in [0.1, 0.15) is 0 Å². The molecule has 0 amide bonds. The molecular formula is C6F10. The molecule has 0 aliphatic rings.